The van der Waals surface area contributed by atoms with E-state index in [1.54, 1.807) is 12.1 Å². The lowest BCUT2D eigenvalue weighted by atomic mass is 10.0. The monoisotopic (exact) mass is 274 g/mol. The van der Waals surface area contributed by atoms with Crippen LogP contribution < -0.4 is 4.74 Å². The van der Waals surface area contributed by atoms with Crippen molar-refractivity contribution in [1.82, 2.24) is 0 Å². The summed E-state index contributed by atoms with van der Waals surface area (Å²) in [7, 11) is 0. The van der Waals surface area contributed by atoms with Crippen LogP contribution in [0.25, 0.3) is 0 Å². The number of carboxylic acids is 1. The molecular formula is C16H15FO3. The normalized spacial score (nSPS) is 10.6. The van der Waals surface area contributed by atoms with E-state index in [-0.39, 0.29) is 11.3 Å². The second-order valence-electron chi connectivity index (χ2n) is 4.75. The van der Waals surface area contributed by atoms with Crippen molar-refractivity contribution in [1.29, 1.82) is 0 Å². The summed E-state index contributed by atoms with van der Waals surface area (Å²) in [5.41, 5.74) is 0.933. The minimum Gasteiger partial charge on any atom is -0.478 e. The number of hydrogen-bond acceptors (Lipinski definition) is 2. The third-order valence-electron chi connectivity index (χ3n) is 2.96. The molecule has 0 atom stereocenters. The molecule has 0 amide bonds. The van der Waals surface area contributed by atoms with Gasteiger partial charge in [-0.3, -0.25) is 0 Å². The van der Waals surface area contributed by atoms with Gasteiger partial charge in [0.15, 0.2) is 11.6 Å². The van der Waals surface area contributed by atoms with Crippen molar-refractivity contribution < 1.29 is 19.0 Å². The van der Waals surface area contributed by atoms with Gasteiger partial charge in [-0.1, -0.05) is 32.0 Å². The number of halogens is 1. The van der Waals surface area contributed by atoms with Crippen LogP contribution in [0.3, 0.4) is 0 Å². The summed E-state index contributed by atoms with van der Waals surface area (Å²) in [5.74, 6) is -1.40. The van der Waals surface area contributed by atoms with Crippen LogP contribution in [0.5, 0.6) is 11.5 Å². The minimum atomic E-state index is -1.22. The molecule has 2 rings (SSSR count). The molecule has 1 N–H and O–H groups in total. The molecule has 0 aliphatic heterocycles. The van der Waals surface area contributed by atoms with E-state index in [9.17, 15) is 9.18 Å². The molecule has 0 bridgehead atoms. The number of carboxylic acid groups (broad SMARTS) is 1. The van der Waals surface area contributed by atoms with Crippen molar-refractivity contribution in [2.24, 2.45) is 0 Å². The zero-order valence-corrected chi connectivity index (χ0v) is 11.3. The van der Waals surface area contributed by atoms with E-state index in [2.05, 4.69) is 13.8 Å². The van der Waals surface area contributed by atoms with Crippen LogP contribution >= 0.6 is 0 Å². The Balaban J connectivity index is 2.32. The molecule has 0 aliphatic rings. The van der Waals surface area contributed by atoms with Crippen LogP contribution in [0.2, 0.25) is 0 Å². The Morgan fingerprint density at radius 1 is 1.15 bits per heavy atom. The van der Waals surface area contributed by atoms with Gasteiger partial charge in [-0.05, 0) is 35.7 Å². The van der Waals surface area contributed by atoms with Gasteiger partial charge >= 0.3 is 5.97 Å². The standard InChI is InChI=1S/C16H15FO3/c1-10(2)11-6-8-12(9-7-11)20-15-13(16(18)19)4-3-5-14(15)17/h3-10H,1-2H3,(H,18,19). The molecule has 4 heteroatoms. The van der Waals surface area contributed by atoms with Gasteiger partial charge in [0.05, 0.1) is 0 Å². The van der Waals surface area contributed by atoms with Crippen LogP contribution in [0.1, 0.15) is 35.7 Å². The number of rotatable bonds is 4. The topological polar surface area (TPSA) is 46.5 Å². The third-order valence-corrected chi connectivity index (χ3v) is 2.96. The summed E-state index contributed by atoms with van der Waals surface area (Å²) >= 11 is 0. The highest BCUT2D eigenvalue weighted by Gasteiger charge is 2.16. The number of aromatic carboxylic acids is 1. The van der Waals surface area contributed by atoms with Gasteiger partial charge in [0, 0.05) is 0 Å². The zero-order valence-electron chi connectivity index (χ0n) is 11.3. The summed E-state index contributed by atoms with van der Waals surface area (Å²) in [6.45, 7) is 4.13. The number of ether oxygens (including phenoxy) is 1. The Bertz CT molecular complexity index is 618. The van der Waals surface area contributed by atoms with E-state index in [0.29, 0.717) is 11.7 Å². The third kappa shape index (κ3) is 2.96. The SMILES string of the molecule is CC(C)c1ccc(Oc2c(F)cccc2C(=O)O)cc1. The van der Waals surface area contributed by atoms with Crippen molar-refractivity contribution in [2.75, 3.05) is 0 Å². The molecule has 0 heterocycles. The van der Waals surface area contributed by atoms with Crippen LogP contribution in [-0.4, -0.2) is 11.1 Å². The molecule has 0 unspecified atom stereocenters. The summed E-state index contributed by atoms with van der Waals surface area (Å²) in [6.07, 6.45) is 0. The molecule has 0 spiro atoms. The number of carbonyl (C=O) groups is 1. The van der Waals surface area contributed by atoms with Gasteiger partial charge < -0.3 is 9.84 Å². The summed E-state index contributed by atoms with van der Waals surface area (Å²) in [5, 5.41) is 9.04. The first-order valence-corrected chi connectivity index (χ1v) is 6.28. The maximum absolute atomic E-state index is 13.7. The quantitative estimate of drug-likeness (QED) is 0.896. The molecule has 0 aromatic heterocycles. The van der Waals surface area contributed by atoms with Crippen molar-refractivity contribution in [3.05, 3.63) is 59.4 Å². The lowest BCUT2D eigenvalue weighted by Gasteiger charge is -2.11. The first kappa shape index (κ1) is 14.1. The first-order chi connectivity index (χ1) is 9.49. The highest BCUT2D eigenvalue weighted by molar-refractivity contribution is 5.91. The van der Waals surface area contributed by atoms with E-state index in [0.717, 1.165) is 5.56 Å². The highest BCUT2D eigenvalue weighted by Crippen LogP contribution is 2.29. The van der Waals surface area contributed by atoms with Crippen molar-refractivity contribution in [3.63, 3.8) is 0 Å². The summed E-state index contributed by atoms with van der Waals surface area (Å²) in [4.78, 5) is 11.1. The van der Waals surface area contributed by atoms with Crippen molar-refractivity contribution in [2.45, 2.75) is 19.8 Å². The second-order valence-corrected chi connectivity index (χ2v) is 4.75. The molecule has 0 aliphatic carbocycles. The van der Waals surface area contributed by atoms with E-state index >= 15 is 0 Å². The van der Waals surface area contributed by atoms with E-state index in [4.69, 9.17) is 9.84 Å². The van der Waals surface area contributed by atoms with Gasteiger partial charge in [-0.25, -0.2) is 9.18 Å². The fourth-order valence-corrected chi connectivity index (χ4v) is 1.82. The fourth-order valence-electron chi connectivity index (χ4n) is 1.82. The van der Waals surface area contributed by atoms with Gasteiger partial charge in [0.25, 0.3) is 0 Å². The van der Waals surface area contributed by atoms with Crippen LogP contribution in [0.15, 0.2) is 42.5 Å². The predicted octanol–water partition coefficient (Wildman–Crippen LogP) is 4.44. The van der Waals surface area contributed by atoms with Crippen molar-refractivity contribution in [3.8, 4) is 11.5 Å². The lowest BCUT2D eigenvalue weighted by Crippen LogP contribution is -2.02. The number of para-hydroxylation sites is 1. The van der Waals surface area contributed by atoms with Gasteiger partial charge in [0.1, 0.15) is 11.3 Å². The Hall–Kier alpha value is -2.36. The van der Waals surface area contributed by atoms with Crippen LogP contribution in [0.4, 0.5) is 4.39 Å². The molecule has 0 saturated heterocycles. The maximum atomic E-state index is 13.7. The largest absolute Gasteiger partial charge is 0.478 e. The molecule has 2 aromatic rings. The van der Waals surface area contributed by atoms with Crippen LogP contribution in [0, 0.1) is 5.82 Å². The van der Waals surface area contributed by atoms with Crippen molar-refractivity contribution >= 4 is 5.97 Å². The molecule has 20 heavy (non-hydrogen) atoms. The zero-order chi connectivity index (χ0) is 14.7. The molecule has 0 radical (unpaired) electrons. The van der Waals surface area contributed by atoms with E-state index in [1.165, 1.54) is 18.2 Å². The average molecular weight is 274 g/mol. The van der Waals surface area contributed by atoms with E-state index in [1.807, 2.05) is 12.1 Å². The lowest BCUT2D eigenvalue weighted by molar-refractivity contribution is 0.0693. The molecular weight excluding hydrogens is 259 g/mol. The molecule has 0 fully saturated rings. The Morgan fingerprint density at radius 2 is 1.80 bits per heavy atom. The smallest absolute Gasteiger partial charge is 0.339 e. The summed E-state index contributed by atoms with van der Waals surface area (Å²) in [6, 6.07) is 11.0. The summed E-state index contributed by atoms with van der Waals surface area (Å²) < 4.78 is 19.1. The highest BCUT2D eigenvalue weighted by atomic mass is 19.1. The maximum Gasteiger partial charge on any atom is 0.339 e. The first-order valence-electron chi connectivity index (χ1n) is 6.28. The number of hydrogen-bond donors (Lipinski definition) is 1. The molecule has 104 valence electrons. The molecule has 0 saturated carbocycles. The minimum absolute atomic E-state index is 0.196. The molecule has 3 nitrogen and oxygen atoms in total. The fraction of sp³-hybridized carbons (Fsp3) is 0.188. The second kappa shape index (κ2) is 5.74. The van der Waals surface area contributed by atoms with Gasteiger partial charge in [-0.2, -0.15) is 0 Å². The van der Waals surface area contributed by atoms with Gasteiger partial charge in [0.2, 0.25) is 0 Å². The Labute approximate surface area is 116 Å². The Kier molecular flexibility index (Phi) is 4.03. The van der Waals surface area contributed by atoms with Crippen LogP contribution in [-0.2, 0) is 0 Å². The van der Waals surface area contributed by atoms with E-state index < -0.39 is 11.8 Å². The Morgan fingerprint density at radius 3 is 2.35 bits per heavy atom. The average Bonchev–Trinajstić information content (AvgIpc) is 2.41. The number of benzene rings is 2. The molecule has 2 aromatic carbocycles. The predicted molar refractivity (Wildman–Crippen MR) is 74.0 cm³/mol. The van der Waals surface area contributed by atoms with Gasteiger partial charge in [-0.15, -0.1) is 0 Å².